The molecule has 0 spiro atoms. The molecule has 3 heterocycles. The van der Waals surface area contributed by atoms with Crippen molar-refractivity contribution in [3.63, 3.8) is 0 Å². The van der Waals surface area contributed by atoms with Gasteiger partial charge in [-0.1, -0.05) is 48.5 Å². The molecule has 1 saturated heterocycles. The Morgan fingerprint density at radius 3 is 2.35 bits per heavy atom. The van der Waals surface area contributed by atoms with Crippen molar-refractivity contribution in [2.75, 3.05) is 29.9 Å². The fourth-order valence-electron chi connectivity index (χ4n) is 3.96. The van der Waals surface area contributed by atoms with Crippen LogP contribution in [0.25, 0.3) is 22.6 Å². The average Bonchev–Trinajstić information content (AvgIpc) is 3.50. The number of hydrogen-bond acceptors (Lipinski definition) is 5. The molecule has 156 valence electrons. The van der Waals surface area contributed by atoms with Crippen LogP contribution in [0.2, 0.25) is 0 Å². The highest BCUT2D eigenvalue weighted by Crippen LogP contribution is 2.29. The predicted molar refractivity (Wildman–Crippen MR) is 122 cm³/mol. The molecule has 7 nitrogen and oxygen atoms in total. The molecule has 0 unspecified atom stereocenters. The van der Waals surface area contributed by atoms with E-state index in [-0.39, 0.29) is 12.5 Å². The lowest BCUT2D eigenvalue weighted by Gasteiger charge is -2.19. The van der Waals surface area contributed by atoms with Gasteiger partial charge in [-0.3, -0.25) is 4.79 Å². The van der Waals surface area contributed by atoms with Gasteiger partial charge in [-0.25, -0.2) is 15.0 Å². The first-order chi connectivity index (χ1) is 15.2. The van der Waals surface area contributed by atoms with E-state index in [0.29, 0.717) is 11.5 Å². The monoisotopic (exact) mass is 412 g/mol. The molecule has 0 saturated carbocycles. The Kier molecular flexibility index (Phi) is 5.08. The maximum absolute atomic E-state index is 13.0. The van der Waals surface area contributed by atoms with Crippen LogP contribution >= 0.6 is 0 Å². The lowest BCUT2D eigenvalue weighted by molar-refractivity contribution is -0.118. The number of likely N-dealkylation sites (N-methyl/N-ethyl adjacent to an activating group) is 1. The Morgan fingerprint density at radius 1 is 0.968 bits per heavy atom. The molecular formula is C24H24N6O. The van der Waals surface area contributed by atoms with Crippen molar-refractivity contribution >= 4 is 28.6 Å². The molecule has 1 aliphatic heterocycles. The van der Waals surface area contributed by atoms with Gasteiger partial charge in [-0.2, -0.15) is 0 Å². The number of imidazole rings is 1. The lowest BCUT2D eigenvalue weighted by Crippen LogP contribution is -2.29. The SMILES string of the molecule is CN(C(=O)Cn1cnc2c(N3CCCC3)nc(-c3ccccc3)nc21)c1ccccc1. The molecule has 31 heavy (non-hydrogen) atoms. The molecule has 0 bridgehead atoms. The van der Waals surface area contributed by atoms with E-state index >= 15 is 0 Å². The first-order valence-electron chi connectivity index (χ1n) is 10.6. The molecule has 7 heteroatoms. The van der Waals surface area contributed by atoms with Gasteiger partial charge in [0.15, 0.2) is 22.8 Å². The molecule has 0 aliphatic carbocycles. The van der Waals surface area contributed by atoms with Crippen LogP contribution in [-0.4, -0.2) is 45.6 Å². The van der Waals surface area contributed by atoms with E-state index in [1.165, 1.54) is 0 Å². The minimum Gasteiger partial charge on any atom is -0.355 e. The van der Waals surface area contributed by atoms with Crippen LogP contribution in [0.3, 0.4) is 0 Å². The smallest absolute Gasteiger partial charge is 0.246 e. The summed E-state index contributed by atoms with van der Waals surface area (Å²) < 4.78 is 1.82. The zero-order chi connectivity index (χ0) is 21.2. The van der Waals surface area contributed by atoms with E-state index in [1.54, 1.807) is 18.3 Å². The summed E-state index contributed by atoms with van der Waals surface area (Å²) in [6.45, 7) is 2.08. The normalized spacial score (nSPS) is 13.6. The van der Waals surface area contributed by atoms with Crippen molar-refractivity contribution in [2.24, 2.45) is 0 Å². The van der Waals surface area contributed by atoms with Crippen LogP contribution in [0.5, 0.6) is 0 Å². The third kappa shape index (κ3) is 3.74. The van der Waals surface area contributed by atoms with Gasteiger partial charge >= 0.3 is 0 Å². The highest BCUT2D eigenvalue weighted by molar-refractivity contribution is 5.94. The summed E-state index contributed by atoms with van der Waals surface area (Å²) in [7, 11) is 1.79. The van der Waals surface area contributed by atoms with Crippen molar-refractivity contribution in [1.82, 2.24) is 19.5 Å². The lowest BCUT2D eigenvalue weighted by atomic mass is 10.2. The van der Waals surface area contributed by atoms with E-state index in [9.17, 15) is 4.79 Å². The Bertz CT molecular complexity index is 1200. The Hall–Kier alpha value is -3.74. The Balaban J connectivity index is 1.55. The van der Waals surface area contributed by atoms with Crippen molar-refractivity contribution in [1.29, 1.82) is 0 Å². The maximum atomic E-state index is 13.0. The number of nitrogens with zero attached hydrogens (tertiary/aromatic N) is 6. The quantitative estimate of drug-likeness (QED) is 0.499. The second kappa shape index (κ2) is 8.18. The van der Waals surface area contributed by atoms with Crippen molar-refractivity contribution in [2.45, 2.75) is 19.4 Å². The zero-order valence-electron chi connectivity index (χ0n) is 17.5. The molecule has 1 amide bonds. The van der Waals surface area contributed by atoms with Gasteiger partial charge in [0.05, 0.1) is 6.33 Å². The van der Waals surface area contributed by atoms with Gasteiger partial charge in [0.1, 0.15) is 6.54 Å². The van der Waals surface area contributed by atoms with Crippen molar-refractivity contribution in [3.8, 4) is 11.4 Å². The molecule has 0 radical (unpaired) electrons. The summed E-state index contributed by atoms with van der Waals surface area (Å²) in [4.78, 5) is 31.2. The summed E-state index contributed by atoms with van der Waals surface area (Å²) in [5.74, 6) is 1.47. The number of benzene rings is 2. The number of amides is 1. The van der Waals surface area contributed by atoms with Gasteiger partial charge in [-0.05, 0) is 25.0 Å². The number of anilines is 2. The first-order valence-corrected chi connectivity index (χ1v) is 10.6. The van der Waals surface area contributed by atoms with E-state index in [4.69, 9.17) is 9.97 Å². The molecular weight excluding hydrogens is 388 g/mol. The molecule has 4 aromatic rings. The molecule has 0 atom stereocenters. The standard InChI is InChI=1S/C24H24N6O/c1-28(19-12-6-3-7-13-19)20(31)16-30-17-25-21-23(29-14-8-9-15-29)26-22(27-24(21)30)18-10-4-2-5-11-18/h2-7,10-13,17H,8-9,14-16H2,1H3. The van der Waals surface area contributed by atoms with Crippen molar-refractivity contribution < 1.29 is 4.79 Å². The summed E-state index contributed by atoms with van der Waals surface area (Å²) in [6, 6.07) is 19.6. The van der Waals surface area contributed by atoms with Crippen LogP contribution in [0, 0.1) is 0 Å². The molecule has 2 aromatic carbocycles. The van der Waals surface area contributed by atoms with Gasteiger partial charge in [0, 0.05) is 31.4 Å². The predicted octanol–water partition coefficient (Wildman–Crippen LogP) is 3.76. The van der Waals surface area contributed by atoms with Crippen LogP contribution in [-0.2, 0) is 11.3 Å². The number of aromatic nitrogens is 4. The third-order valence-corrected chi connectivity index (χ3v) is 5.71. The van der Waals surface area contributed by atoms with Crippen LogP contribution < -0.4 is 9.80 Å². The summed E-state index contributed by atoms with van der Waals surface area (Å²) in [6.07, 6.45) is 3.99. The topological polar surface area (TPSA) is 67.2 Å². The minimum atomic E-state index is -0.0342. The van der Waals surface area contributed by atoms with E-state index in [1.807, 2.05) is 65.2 Å². The Morgan fingerprint density at radius 2 is 1.65 bits per heavy atom. The largest absolute Gasteiger partial charge is 0.355 e. The number of carbonyl (C=O) groups is 1. The van der Waals surface area contributed by atoms with Crippen LogP contribution in [0.15, 0.2) is 67.0 Å². The van der Waals surface area contributed by atoms with E-state index in [2.05, 4.69) is 9.88 Å². The van der Waals surface area contributed by atoms with Gasteiger partial charge in [-0.15, -0.1) is 0 Å². The minimum absolute atomic E-state index is 0.0342. The average molecular weight is 412 g/mol. The maximum Gasteiger partial charge on any atom is 0.246 e. The van der Waals surface area contributed by atoms with Gasteiger partial charge in [0.25, 0.3) is 0 Å². The fraction of sp³-hybridized carbons (Fsp3) is 0.250. The second-order valence-corrected chi connectivity index (χ2v) is 7.76. The number of rotatable bonds is 5. The summed E-state index contributed by atoms with van der Waals surface area (Å²) in [5, 5.41) is 0. The third-order valence-electron chi connectivity index (χ3n) is 5.71. The number of para-hydroxylation sites is 1. The number of carbonyl (C=O) groups excluding carboxylic acids is 1. The van der Waals surface area contributed by atoms with Gasteiger partial charge in [0.2, 0.25) is 5.91 Å². The van der Waals surface area contributed by atoms with E-state index < -0.39 is 0 Å². The molecule has 1 aliphatic rings. The first kappa shape index (κ1) is 19.2. The van der Waals surface area contributed by atoms with Crippen molar-refractivity contribution in [3.05, 3.63) is 67.0 Å². The molecule has 5 rings (SSSR count). The molecule has 2 aromatic heterocycles. The number of fused-ring (bicyclic) bond motifs is 1. The highest BCUT2D eigenvalue weighted by Gasteiger charge is 2.22. The molecule has 0 N–H and O–H groups in total. The Labute approximate surface area is 181 Å². The molecule has 1 fully saturated rings. The van der Waals surface area contributed by atoms with Crippen LogP contribution in [0.4, 0.5) is 11.5 Å². The zero-order valence-corrected chi connectivity index (χ0v) is 17.5. The highest BCUT2D eigenvalue weighted by atomic mass is 16.2. The fourth-order valence-corrected chi connectivity index (χ4v) is 3.96. The van der Waals surface area contributed by atoms with Crippen LogP contribution in [0.1, 0.15) is 12.8 Å². The second-order valence-electron chi connectivity index (χ2n) is 7.76. The summed E-state index contributed by atoms with van der Waals surface area (Å²) >= 11 is 0. The number of hydrogen-bond donors (Lipinski definition) is 0. The van der Waals surface area contributed by atoms with Gasteiger partial charge < -0.3 is 14.4 Å². The van der Waals surface area contributed by atoms with E-state index in [0.717, 1.165) is 48.5 Å². The summed E-state index contributed by atoms with van der Waals surface area (Å²) in [5.41, 5.74) is 3.24.